The Bertz CT molecular complexity index is 352. The second-order valence-electron chi connectivity index (χ2n) is 3.33. The highest BCUT2D eigenvalue weighted by molar-refractivity contribution is 14.0. The first-order valence-corrected chi connectivity index (χ1v) is 4.97. The minimum Gasteiger partial charge on any atom is -0.356 e. The summed E-state index contributed by atoms with van der Waals surface area (Å²) >= 11 is 0. The van der Waals surface area contributed by atoms with Crippen molar-refractivity contribution in [1.82, 2.24) is 15.6 Å². The summed E-state index contributed by atoms with van der Waals surface area (Å²) in [6, 6.07) is 3.06. The van der Waals surface area contributed by atoms with Crippen LogP contribution in [0.15, 0.2) is 23.3 Å². The van der Waals surface area contributed by atoms with Gasteiger partial charge in [-0.2, -0.15) is 0 Å². The van der Waals surface area contributed by atoms with Gasteiger partial charge in [0.1, 0.15) is 5.82 Å². The Kier molecular flexibility index (Phi) is 5.44. The molecule has 0 fully saturated rings. The van der Waals surface area contributed by atoms with Gasteiger partial charge in [0.15, 0.2) is 5.96 Å². The second-order valence-corrected chi connectivity index (χ2v) is 3.33. The van der Waals surface area contributed by atoms with Crippen molar-refractivity contribution >= 4 is 29.9 Å². The lowest BCUT2D eigenvalue weighted by molar-refractivity contribution is 0.618. The lowest BCUT2D eigenvalue weighted by atomic mass is 10.3. The highest BCUT2D eigenvalue weighted by Crippen LogP contribution is 1.97. The van der Waals surface area contributed by atoms with Crippen molar-refractivity contribution in [3.8, 4) is 0 Å². The molecule has 0 unspecified atom stereocenters. The molecule has 0 aromatic carbocycles. The predicted octanol–water partition coefficient (Wildman–Crippen LogP) is 1.28. The quantitative estimate of drug-likeness (QED) is 0.800. The number of hydrogen-bond donors (Lipinski definition) is 2. The molecule has 2 rings (SSSR count). The smallest absolute Gasteiger partial charge is 0.191 e. The predicted molar refractivity (Wildman–Crippen MR) is 71.4 cm³/mol. The molecule has 1 aromatic heterocycles. The van der Waals surface area contributed by atoms with Crippen LogP contribution >= 0.6 is 24.0 Å². The Hall–Kier alpha value is -0.920. The number of pyridine rings is 1. The van der Waals surface area contributed by atoms with E-state index >= 15 is 0 Å². The average Bonchev–Trinajstić information content (AvgIpc) is 2.30. The number of nitrogens with zero attached hydrogens (tertiary/aromatic N) is 2. The van der Waals surface area contributed by atoms with E-state index in [1.807, 2.05) is 0 Å². The molecule has 0 saturated heterocycles. The van der Waals surface area contributed by atoms with E-state index in [2.05, 4.69) is 20.6 Å². The number of hydrogen-bond acceptors (Lipinski definition) is 4. The maximum absolute atomic E-state index is 12.6. The van der Waals surface area contributed by atoms with Crippen molar-refractivity contribution < 1.29 is 4.39 Å². The first kappa shape index (κ1) is 13.1. The highest BCUT2D eigenvalue weighted by atomic mass is 127. The monoisotopic (exact) mass is 336 g/mol. The maximum atomic E-state index is 12.6. The normalized spacial score (nSPS) is 14.4. The molecule has 0 atom stereocenters. The second kappa shape index (κ2) is 6.62. The zero-order chi connectivity index (χ0) is 10.5. The van der Waals surface area contributed by atoms with Crippen molar-refractivity contribution in [2.45, 2.75) is 13.0 Å². The van der Waals surface area contributed by atoms with E-state index in [0.29, 0.717) is 6.54 Å². The lowest BCUT2D eigenvalue weighted by Crippen LogP contribution is -2.40. The molecule has 88 valence electrons. The summed E-state index contributed by atoms with van der Waals surface area (Å²) in [5.41, 5.74) is 0.798. The Balaban J connectivity index is 0.00000128. The zero-order valence-corrected chi connectivity index (χ0v) is 11.1. The van der Waals surface area contributed by atoms with Crippen molar-refractivity contribution in [3.05, 3.63) is 29.8 Å². The Morgan fingerprint density at radius 1 is 1.44 bits per heavy atom. The summed E-state index contributed by atoms with van der Waals surface area (Å²) in [5, 5.41) is 6.25. The molecule has 0 amide bonds. The summed E-state index contributed by atoms with van der Waals surface area (Å²) in [6.45, 7) is 2.36. The topological polar surface area (TPSA) is 49.3 Å². The van der Waals surface area contributed by atoms with Crippen molar-refractivity contribution in [2.24, 2.45) is 4.99 Å². The van der Waals surface area contributed by atoms with Gasteiger partial charge in [-0.25, -0.2) is 4.39 Å². The third-order valence-corrected chi connectivity index (χ3v) is 2.12. The van der Waals surface area contributed by atoms with E-state index in [0.717, 1.165) is 31.2 Å². The van der Waals surface area contributed by atoms with Crippen LogP contribution in [0, 0.1) is 5.82 Å². The van der Waals surface area contributed by atoms with Crippen LogP contribution in [0.4, 0.5) is 4.39 Å². The van der Waals surface area contributed by atoms with E-state index in [4.69, 9.17) is 0 Å². The largest absolute Gasteiger partial charge is 0.356 e. The van der Waals surface area contributed by atoms with Crippen molar-refractivity contribution in [3.63, 3.8) is 0 Å². The van der Waals surface area contributed by atoms with E-state index in [1.54, 1.807) is 6.07 Å². The number of rotatable bonds is 2. The first-order chi connectivity index (χ1) is 7.34. The van der Waals surface area contributed by atoms with Gasteiger partial charge in [-0.3, -0.25) is 9.98 Å². The molecule has 1 aliphatic rings. The van der Waals surface area contributed by atoms with E-state index in [1.165, 1.54) is 12.3 Å². The van der Waals surface area contributed by atoms with Gasteiger partial charge in [-0.1, -0.05) is 0 Å². The molecular weight excluding hydrogens is 322 g/mol. The van der Waals surface area contributed by atoms with Gasteiger partial charge in [-0.05, 0) is 18.6 Å². The Morgan fingerprint density at radius 2 is 2.31 bits per heavy atom. The minimum absolute atomic E-state index is 0. The fourth-order valence-electron chi connectivity index (χ4n) is 1.34. The maximum Gasteiger partial charge on any atom is 0.191 e. The summed E-state index contributed by atoms with van der Waals surface area (Å²) in [5.74, 6) is 0.485. The Labute approximate surface area is 111 Å². The van der Waals surface area contributed by atoms with Gasteiger partial charge in [0.2, 0.25) is 0 Å². The van der Waals surface area contributed by atoms with Gasteiger partial charge in [0.05, 0.1) is 18.4 Å². The summed E-state index contributed by atoms with van der Waals surface area (Å²) in [7, 11) is 0. The summed E-state index contributed by atoms with van der Waals surface area (Å²) in [4.78, 5) is 8.20. The van der Waals surface area contributed by atoms with Crippen LogP contribution in [0.1, 0.15) is 12.1 Å². The molecule has 1 aromatic rings. The molecule has 6 heteroatoms. The fraction of sp³-hybridized carbons (Fsp3) is 0.400. The van der Waals surface area contributed by atoms with Crippen LogP contribution in [-0.4, -0.2) is 24.0 Å². The van der Waals surface area contributed by atoms with Crippen LogP contribution in [0.5, 0.6) is 0 Å². The third-order valence-electron chi connectivity index (χ3n) is 2.12. The van der Waals surface area contributed by atoms with Crippen LogP contribution in [0.2, 0.25) is 0 Å². The number of aliphatic imine (C=N–C) groups is 1. The van der Waals surface area contributed by atoms with Crippen LogP contribution in [0.25, 0.3) is 0 Å². The lowest BCUT2D eigenvalue weighted by Gasteiger charge is -2.15. The molecule has 0 aliphatic carbocycles. The van der Waals surface area contributed by atoms with Crippen LogP contribution in [-0.2, 0) is 6.54 Å². The number of halogens is 2. The van der Waals surface area contributed by atoms with Gasteiger partial charge in [-0.15, -0.1) is 24.0 Å². The SMILES string of the molecule is Fc1ccc(CNC2=NCCCN2)nc1.I. The molecule has 2 N–H and O–H groups in total. The van der Waals surface area contributed by atoms with Crippen LogP contribution in [0.3, 0.4) is 0 Å². The summed E-state index contributed by atoms with van der Waals surface area (Å²) in [6.07, 6.45) is 2.28. The third kappa shape index (κ3) is 3.92. The minimum atomic E-state index is -0.313. The molecular formula is C10H14FIN4. The molecule has 4 nitrogen and oxygen atoms in total. The number of guanidine groups is 1. The van der Waals surface area contributed by atoms with Crippen LogP contribution < -0.4 is 10.6 Å². The molecule has 16 heavy (non-hydrogen) atoms. The van der Waals surface area contributed by atoms with Crippen molar-refractivity contribution in [1.29, 1.82) is 0 Å². The molecule has 1 aliphatic heterocycles. The highest BCUT2D eigenvalue weighted by Gasteiger charge is 2.03. The molecule has 0 spiro atoms. The summed E-state index contributed by atoms with van der Waals surface area (Å²) < 4.78 is 12.6. The first-order valence-electron chi connectivity index (χ1n) is 4.97. The van der Waals surface area contributed by atoms with Gasteiger partial charge in [0.25, 0.3) is 0 Å². The van der Waals surface area contributed by atoms with E-state index in [9.17, 15) is 4.39 Å². The van der Waals surface area contributed by atoms with Crippen molar-refractivity contribution in [2.75, 3.05) is 13.1 Å². The molecule has 0 bridgehead atoms. The number of nitrogens with one attached hydrogen (secondary N) is 2. The number of aromatic nitrogens is 1. The van der Waals surface area contributed by atoms with Gasteiger partial charge < -0.3 is 10.6 Å². The molecule has 0 radical (unpaired) electrons. The Morgan fingerprint density at radius 3 is 2.94 bits per heavy atom. The van der Waals surface area contributed by atoms with E-state index < -0.39 is 0 Å². The van der Waals surface area contributed by atoms with Gasteiger partial charge >= 0.3 is 0 Å². The molecule has 0 saturated carbocycles. The van der Waals surface area contributed by atoms with E-state index in [-0.39, 0.29) is 29.8 Å². The average molecular weight is 336 g/mol. The molecule has 2 heterocycles. The zero-order valence-electron chi connectivity index (χ0n) is 8.74. The van der Waals surface area contributed by atoms with Gasteiger partial charge in [0, 0.05) is 13.1 Å². The fourth-order valence-corrected chi connectivity index (χ4v) is 1.34. The standard InChI is InChI=1S/C10H13FN4.HI/c11-8-2-3-9(14-6-8)7-15-10-12-4-1-5-13-10;/h2-3,6H,1,4-5,7H2,(H2,12,13,15);1H.